The third kappa shape index (κ3) is 12.1. The summed E-state index contributed by atoms with van der Waals surface area (Å²) in [6.07, 6.45) is 2.81. The van der Waals surface area contributed by atoms with Gasteiger partial charge in [-0.05, 0) is 47.2 Å². The minimum Gasteiger partial charge on any atom is -0.462 e. The van der Waals surface area contributed by atoms with Gasteiger partial charge >= 0.3 is 0 Å². The van der Waals surface area contributed by atoms with Gasteiger partial charge in [0, 0.05) is 6.54 Å². The van der Waals surface area contributed by atoms with Crippen LogP contribution in [0.25, 0.3) is 0 Å². The summed E-state index contributed by atoms with van der Waals surface area (Å²) in [5.41, 5.74) is -0.318. The van der Waals surface area contributed by atoms with Crippen molar-refractivity contribution >= 4 is 16.6 Å². The fourth-order valence-corrected chi connectivity index (χ4v) is 2.24. The summed E-state index contributed by atoms with van der Waals surface area (Å²) in [6, 6.07) is 0. The molecule has 0 saturated carbocycles. The van der Waals surface area contributed by atoms with Gasteiger partial charge in [0.2, 0.25) is 0 Å². The number of carbonyl (C=O) groups is 1. The first-order valence-electron chi connectivity index (χ1n) is 6.22. The number of piperidine rings is 1. The monoisotopic (exact) mass is 295 g/mol. The fraction of sp³-hybridized carbons (Fsp3) is 0.917. The SMILES string of the molecule is CC(C)(C)OC=O.CN1CCCC(OS(C)(=O)=O)C1. The van der Waals surface area contributed by atoms with Crippen LogP contribution >= 0.6 is 0 Å². The van der Waals surface area contributed by atoms with Crippen LogP contribution in [0.15, 0.2) is 0 Å². The van der Waals surface area contributed by atoms with E-state index in [9.17, 15) is 13.2 Å². The fourth-order valence-electron chi connectivity index (χ4n) is 1.59. The van der Waals surface area contributed by atoms with E-state index in [2.05, 4.69) is 9.64 Å². The molecule has 7 heteroatoms. The van der Waals surface area contributed by atoms with Gasteiger partial charge in [-0.25, -0.2) is 0 Å². The number of nitrogens with zero attached hydrogens (tertiary/aromatic N) is 1. The molecule has 114 valence electrons. The van der Waals surface area contributed by atoms with Crippen LogP contribution in [0, 0.1) is 0 Å². The van der Waals surface area contributed by atoms with Gasteiger partial charge in [0.05, 0.1) is 12.4 Å². The number of likely N-dealkylation sites (N-methyl/N-ethyl adjacent to an activating group) is 1. The molecule has 0 amide bonds. The average molecular weight is 295 g/mol. The molecule has 1 aliphatic heterocycles. The average Bonchev–Trinajstić information content (AvgIpc) is 2.13. The van der Waals surface area contributed by atoms with Crippen LogP contribution < -0.4 is 0 Å². The zero-order valence-corrected chi connectivity index (χ0v) is 13.2. The molecule has 6 nitrogen and oxygen atoms in total. The van der Waals surface area contributed by atoms with Crippen molar-refractivity contribution in [3.8, 4) is 0 Å². The highest BCUT2D eigenvalue weighted by Gasteiger charge is 2.21. The van der Waals surface area contributed by atoms with Crippen molar-refractivity contribution in [1.82, 2.24) is 4.90 Å². The maximum atomic E-state index is 10.8. The minimum atomic E-state index is -3.27. The summed E-state index contributed by atoms with van der Waals surface area (Å²) in [7, 11) is -1.30. The molecule has 0 aromatic rings. The predicted octanol–water partition coefficient (Wildman–Crippen LogP) is 1.01. The number of hydrogen-bond donors (Lipinski definition) is 0. The molecule has 0 aliphatic carbocycles. The standard InChI is InChI=1S/C7H15NO3S.C5H10O2/c1-8-5-3-4-7(6-8)11-12(2,9)10;1-5(2,3)7-4-6/h7H,3-6H2,1-2H3;4H,1-3H3. The van der Waals surface area contributed by atoms with Gasteiger partial charge in [0.15, 0.2) is 0 Å². The van der Waals surface area contributed by atoms with Crippen molar-refractivity contribution in [3.63, 3.8) is 0 Å². The van der Waals surface area contributed by atoms with Gasteiger partial charge in [-0.1, -0.05) is 0 Å². The van der Waals surface area contributed by atoms with Crippen LogP contribution in [0.5, 0.6) is 0 Å². The second kappa shape index (κ2) is 7.81. The molecule has 1 aliphatic rings. The molecule has 0 radical (unpaired) electrons. The Labute approximate surface area is 116 Å². The van der Waals surface area contributed by atoms with Crippen molar-refractivity contribution in [3.05, 3.63) is 0 Å². The maximum Gasteiger partial charge on any atom is 0.293 e. The molecule has 1 fully saturated rings. The van der Waals surface area contributed by atoms with E-state index >= 15 is 0 Å². The van der Waals surface area contributed by atoms with Gasteiger partial charge in [0.25, 0.3) is 16.6 Å². The molecule has 1 heterocycles. The first-order valence-corrected chi connectivity index (χ1v) is 8.03. The largest absolute Gasteiger partial charge is 0.462 e. The Morgan fingerprint density at radius 1 is 1.32 bits per heavy atom. The van der Waals surface area contributed by atoms with Gasteiger partial charge in [-0.3, -0.25) is 8.98 Å². The van der Waals surface area contributed by atoms with E-state index in [0.29, 0.717) is 13.0 Å². The molecule has 0 aromatic heterocycles. The summed E-state index contributed by atoms with van der Waals surface area (Å²) < 4.78 is 31.0. The molecule has 0 spiro atoms. The highest BCUT2D eigenvalue weighted by Crippen LogP contribution is 2.12. The second-order valence-electron chi connectivity index (χ2n) is 5.65. The highest BCUT2D eigenvalue weighted by molar-refractivity contribution is 7.86. The highest BCUT2D eigenvalue weighted by atomic mass is 32.2. The van der Waals surface area contributed by atoms with E-state index in [-0.39, 0.29) is 11.7 Å². The summed E-state index contributed by atoms with van der Waals surface area (Å²) in [4.78, 5) is 11.7. The smallest absolute Gasteiger partial charge is 0.293 e. The third-order valence-corrected chi connectivity index (χ3v) is 2.92. The quantitative estimate of drug-likeness (QED) is 0.571. The number of likely N-dealkylation sites (tertiary alicyclic amines) is 1. The number of carbonyl (C=O) groups excluding carboxylic acids is 1. The molecule has 19 heavy (non-hydrogen) atoms. The van der Waals surface area contributed by atoms with Crippen LogP contribution in [0.3, 0.4) is 0 Å². The van der Waals surface area contributed by atoms with Crippen molar-refractivity contribution in [2.45, 2.75) is 45.3 Å². The Morgan fingerprint density at radius 2 is 1.89 bits per heavy atom. The molecule has 0 N–H and O–H groups in total. The first kappa shape index (κ1) is 18.3. The van der Waals surface area contributed by atoms with Crippen LogP contribution in [-0.2, 0) is 23.8 Å². The van der Waals surface area contributed by atoms with Gasteiger partial charge in [0.1, 0.15) is 5.60 Å². The van der Waals surface area contributed by atoms with Crippen molar-refractivity contribution in [1.29, 1.82) is 0 Å². The lowest BCUT2D eigenvalue weighted by Gasteiger charge is -2.28. The molecule has 1 atom stereocenters. The topological polar surface area (TPSA) is 72.9 Å². The Kier molecular flexibility index (Phi) is 7.54. The van der Waals surface area contributed by atoms with E-state index in [1.165, 1.54) is 0 Å². The van der Waals surface area contributed by atoms with E-state index in [0.717, 1.165) is 25.6 Å². The predicted molar refractivity (Wildman–Crippen MR) is 73.3 cm³/mol. The first-order chi connectivity index (χ1) is 8.53. The maximum absolute atomic E-state index is 10.8. The molecule has 0 bridgehead atoms. The lowest BCUT2D eigenvalue weighted by Crippen LogP contribution is -2.37. The number of rotatable bonds is 3. The van der Waals surface area contributed by atoms with Crippen molar-refractivity contribution in [2.75, 3.05) is 26.4 Å². The Morgan fingerprint density at radius 3 is 2.21 bits per heavy atom. The summed E-state index contributed by atoms with van der Waals surface area (Å²) in [5, 5.41) is 0. The zero-order chi connectivity index (χ0) is 15.1. The van der Waals surface area contributed by atoms with Crippen molar-refractivity contribution in [2.24, 2.45) is 0 Å². The third-order valence-electron chi connectivity index (χ3n) is 2.29. The van der Waals surface area contributed by atoms with Crippen LogP contribution in [0.1, 0.15) is 33.6 Å². The van der Waals surface area contributed by atoms with Gasteiger partial charge in [-0.15, -0.1) is 0 Å². The Hall–Kier alpha value is -0.660. The number of ether oxygens (including phenoxy) is 1. The zero-order valence-electron chi connectivity index (χ0n) is 12.4. The number of hydrogen-bond acceptors (Lipinski definition) is 6. The van der Waals surface area contributed by atoms with Gasteiger partial charge in [-0.2, -0.15) is 8.42 Å². The lowest BCUT2D eigenvalue weighted by atomic mass is 10.1. The van der Waals surface area contributed by atoms with Crippen molar-refractivity contribution < 1.29 is 22.1 Å². The Bertz CT molecular complexity index is 361. The van der Waals surface area contributed by atoms with Gasteiger partial charge < -0.3 is 9.64 Å². The normalized spacial score (nSPS) is 21.2. The van der Waals surface area contributed by atoms with E-state index in [1.54, 1.807) is 0 Å². The summed E-state index contributed by atoms with van der Waals surface area (Å²) >= 11 is 0. The van der Waals surface area contributed by atoms with E-state index in [1.807, 2.05) is 27.8 Å². The van der Waals surface area contributed by atoms with E-state index < -0.39 is 10.1 Å². The molecule has 1 rings (SSSR count). The minimum absolute atomic E-state index is 0.140. The lowest BCUT2D eigenvalue weighted by molar-refractivity contribution is -0.138. The summed E-state index contributed by atoms with van der Waals surface area (Å²) in [6.45, 7) is 7.67. The van der Waals surface area contributed by atoms with Crippen LogP contribution in [0.4, 0.5) is 0 Å². The van der Waals surface area contributed by atoms with Crippen LogP contribution in [-0.4, -0.2) is 57.9 Å². The molecular weight excluding hydrogens is 270 g/mol. The molecule has 1 unspecified atom stereocenters. The van der Waals surface area contributed by atoms with Crippen LogP contribution in [0.2, 0.25) is 0 Å². The molecule has 0 aromatic carbocycles. The second-order valence-corrected chi connectivity index (χ2v) is 7.25. The Balaban J connectivity index is 0.000000399. The summed E-state index contributed by atoms with van der Waals surface area (Å²) in [5.74, 6) is 0. The molecule has 1 saturated heterocycles. The van der Waals surface area contributed by atoms with E-state index in [4.69, 9.17) is 4.18 Å². The molecular formula is C12H25NO5S.